The Bertz CT molecular complexity index is 1050. The maximum absolute atomic E-state index is 12.0. The zero-order chi connectivity index (χ0) is 19.7. The van der Waals surface area contributed by atoms with Gasteiger partial charge in [-0.2, -0.15) is 0 Å². The highest BCUT2D eigenvalue weighted by Gasteiger charge is 2.26. The molecule has 2 aromatic carbocycles. The van der Waals surface area contributed by atoms with Gasteiger partial charge in [-0.15, -0.1) is 10.2 Å². The largest absolute Gasteiger partial charge is 0.465 e. The van der Waals surface area contributed by atoms with Gasteiger partial charge in [0.15, 0.2) is 11.6 Å². The highest BCUT2D eigenvalue weighted by atomic mass is 16.6. The zero-order valence-electron chi connectivity index (χ0n) is 15.1. The fourth-order valence-corrected chi connectivity index (χ4v) is 3.33. The van der Waals surface area contributed by atoms with Gasteiger partial charge in [0.05, 0.1) is 18.6 Å². The molecule has 0 fully saturated rings. The Hall–Kier alpha value is -3.75. The van der Waals surface area contributed by atoms with Gasteiger partial charge in [0.2, 0.25) is 0 Å². The number of aromatic nitrogens is 3. The van der Waals surface area contributed by atoms with Gasteiger partial charge in [0, 0.05) is 30.4 Å². The number of hydrogen-bond donors (Lipinski definition) is 0. The molecule has 3 aromatic rings. The summed E-state index contributed by atoms with van der Waals surface area (Å²) in [6.45, 7) is 1.80. The summed E-state index contributed by atoms with van der Waals surface area (Å²) in [5, 5.41) is 19.8. The van der Waals surface area contributed by atoms with Gasteiger partial charge < -0.3 is 14.2 Å². The predicted molar refractivity (Wildman–Crippen MR) is 101 cm³/mol. The molecule has 2 heterocycles. The minimum absolute atomic E-state index is 0.0676. The van der Waals surface area contributed by atoms with E-state index in [2.05, 4.69) is 19.5 Å². The van der Waals surface area contributed by atoms with Crippen LogP contribution in [0.2, 0.25) is 0 Å². The molecule has 9 nitrogen and oxygen atoms in total. The second kappa shape index (κ2) is 7.10. The van der Waals surface area contributed by atoms with Crippen molar-refractivity contribution in [3.05, 3.63) is 70.0 Å². The first-order valence-electron chi connectivity index (χ1n) is 8.67. The fourth-order valence-electron chi connectivity index (χ4n) is 3.33. The summed E-state index contributed by atoms with van der Waals surface area (Å²) in [5.74, 6) is 0.873. The van der Waals surface area contributed by atoms with E-state index in [0.29, 0.717) is 25.3 Å². The van der Waals surface area contributed by atoms with E-state index in [1.807, 2.05) is 35.2 Å². The number of carbonyl (C=O) groups excluding carboxylic acids is 1. The maximum Gasteiger partial charge on any atom is 0.344 e. The van der Waals surface area contributed by atoms with E-state index in [-0.39, 0.29) is 11.3 Å². The number of anilines is 1. The Labute approximate surface area is 160 Å². The zero-order valence-corrected chi connectivity index (χ0v) is 15.1. The molecule has 0 atom stereocenters. The van der Waals surface area contributed by atoms with Gasteiger partial charge in [0.1, 0.15) is 5.56 Å². The highest BCUT2D eigenvalue weighted by Crippen LogP contribution is 2.29. The molecule has 1 aliphatic heterocycles. The first-order valence-corrected chi connectivity index (χ1v) is 8.67. The number of hydrogen-bond acceptors (Lipinski definition) is 7. The monoisotopic (exact) mass is 379 g/mol. The summed E-state index contributed by atoms with van der Waals surface area (Å²) in [4.78, 5) is 24.6. The number of ether oxygens (including phenoxy) is 1. The van der Waals surface area contributed by atoms with Crippen LogP contribution in [0.25, 0.3) is 11.4 Å². The Morgan fingerprint density at radius 3 is 2.64 bits per heavy atom. The van der Waals surface area contributed by atoms with Crippen LogP contribution in [0, 0.1) is 10.1 Å². The Morgan fingerprint density at radius 2 is 1.93 bits per heavy atom. The number of rotatable bonds is 4. The van der Waals surface area contributed by atoms with Crippen molar-refractivity contribution in [2.45, 2.75) is 13.1 Å². The molecule has 0 aliphatic carbocycles. The van der Waals surface area contributed by atoms with E-state index in [9.17, 15) is 14.9 Å². The molecule has 1 aromatic heterocycles. The highest BCUT2D eigenvalue weighted by molar-refractivity contribution is 5.95. The minimum Gasteiger partial charge on any atom is -0.465 e. The fraction of sp³-hybridized carbons (Fsp3) is 0.211. The third-order valence-electron chi connectivity index (χ3n) is 4.73. The maximum atomic E-state index is 12.0. The van der Waals surface area contributed by atoms with Crippen molar-refractivity contribution in [3.63, 3.8) is 0 Å². The van der Waals surface area contributed by atoms with E-state index >= 15 is 0 Å². The second-order valence-corrected chi connectivity index (χ2v) is 6.33. The normalized spacial score (nSPS) is 13.1. The Morgan fingerprint density at radius 1 is 1.14 bits per heavy atom. The smallest absolute Gasteiger partial charge is 0.344 e. The Balaban J connectivity index is 1.64. The quantitative estimate of drug-likeness (QED) is 0.390. The molecule has 0 unspecified atom stereocenters. The van der Waals surface area contributed by atoms with Crippen LogP contribution in [0.5, 0.6) is 0 Å². The molecule has 0 saturated carbocycles. The number of carbonyl (C=O) groups is 1. The molecule has 0 radical (unpaired) electrons. The molecule has 0 saturated heterocycles. The van der Waals surface area contributed by atoms with Crippen molar-refractivity contribution in [1.82, 2.24) is 14.8 Å². The standard InChI is InChI=1S/C19H17N5O4/c1-28-19(25)15-11-14(7-8-16(15)24(26)27)22-9-10-23-17(12-22)20-21-18(23)13-5-3-2-4-6-13/h2-8,11H,9-10,12H2,1H3. The van der Waals surface area contributed by atoms with Crippen LogP contribution in [0.15, 0.2) is 48.5 Å². The van der Waals surface area contributed by atoms with Gasteiger partial charge in [-0.1, -0.05) is 30.3 Å². The molecule has 28 heavy (non-hydrogen) atoms. The summed E-state index contributed by atoms with van der Waals surface area (Å²) in [7, 11) is 1.20. The van der Waals surface area contributed by atoms with Crippen LogP contribution >= 0.6 is 0 Å². The molecule has 0 spiro atoms. The molecule has 142 valence electrons. The third-order valence-corrected chi connectivity index (χ3v) is 4.73. The molecule has 4 rings (SSSR count). The first kappa shape index (κ1) is 17.7. The van der Waals surface area contributed by atoms with Crippen molar-refractivity contribution in [2.24, 2.45) is 0 Å². The van der Waals surface area contributed by atoms with E-state index in [0.717, 1.165) is 17.2 Å². The molecule has 0 N–H and O–H groups in total. The summed E-state index contributed by atoms with van der Waals surface area (Å²) in [6.07, 6.45) is 0. The number of benzene rings is 2. The lowest BCUT2D eigenvalue weighted by Gasteiger charge is -2.29. The van der Waals surface area contributed by atoms with E-state index in [4.69, 9.17) is 0 Å². The van der Waals surface area contributed by atoms with Gasteiger partial charge in [-0.05, 0) is 12.1 Å². The van der Waals surface area contributed by atoms with Crippen LogP contribution in [-0.2, 0) is 17.8 Å². The van der Waals surface area contributed by atoms with Gasteiger partial charge in [-0.3, -0.25) is 10.1 Å². The van der Waals surface area contributed by atoms with Crippen molar-refractivity contribution >= 4 is 17.3 Å². The van der Waals surface area contributed by atoms with E-state index in [1.165, 1.54) is 19.2 Å². The van der Waals surface area contributed by atoms with Gasteiger partial charge >= 0.3 is 5.97 Å². The predicted octanol–water partition coefficient (Wildman–Crippen LogP) is 2.66. The summed E-state index contributed by atoms with van der Waals surface area (Å²) in [5.41, 5.74) is 1.35. The number of esters is 1. The van der Waals surface area contributed by atoms with Crippen molar-refractivity contribution < 1.29 is 14.5 Å². The molecule has 0 amide bonds. The van der Waals surface area contributed by atoms with Crippen LogP contribution < -0.4 is 4.90 Å². The Kier molecular flexibility index (Phi) is 4.48. The number of fused-ring (bicyclic) bond motifs is 1. The number of nitro benzene ring substituents is 1. The molecule has 9 heteroatoms. The molecule has 0 bridgehead atoms. The number of nitro groups is 1. The van der Waals surface area contributed by atoms with Crippen LogP contribution in [-0.4, -0.2) is 39.3 Å². The van der Waals surface area contributed by atoms with Crippen LogP contribution in [0.1, 0.15) is 16.2 Å². The minimum atomic E-state index is -0.736. The lowest BCUT2D eigenvalue weighted by molar-refractivity contribution is -0.385. The summed E-state index contributed by atoms with van der Waals surface area (Å²) >= 11 is 0. The van der Waals surface area contributed by atoms with Crippen molar-refractivity contribution in [3.8, 4) is 11.4 Å². The van der Waals surface area contributed by atoms with E-state index < -0.39 is 10.9 Å². The van der Waals surface area contributed by atoms with Crippen molar-refractivity contribution in [2.75, 3.05) is 18.6 Å². The average Bonchev–Trinajstić information content (AvgIpc) is 3.16. The number of methoxy groups -OCH3 is 1. The van der Waals surface area contributed by atoms with Crippen LogP contribution in [0.4, 0.5) is 11.4 Å². The lowest BCUT2D eigenvalue weighted by Crippen LogP contribution is -2.34. The van der Waals surface area contributed by atoms with Gasteiger partial charge in [-0.25, -0.2) is 4.79 Å². The van der Waals surface area contributed by atoms with Gasteiger partial charge in [0.25, 0.3) is 5.69 Å². The van der Waals surface area contributed by atoms with Crippen molar-refractivity contribution in [1.29, 1.82) is 0 Å². The molecular weight excluding hydrogens is 362 g/mol. The van der Waals surface area contributed by atoms with E-state index in [1.54, 1.807) is 6.07 Å². The summed E-state index contributed by atoms with van der Waals surface area (Å²) in [6, 6.07) is 14.3. The summed E-state index contributed by atoms with van der Waals surface area (Å²) < 4.78 is 6.76. The van der Waals surface area contributed by atoms with Crippen LogP contribution in [0.3, 0.4) is 0 Å². The third kappa shape index (κ3) is 3.07. The second-order valence-electron chi connectivity index (χ2n) is 6.33. The average molecular weight is 379 g/mol. The lowest BCUT2D eigenvalue weighted by atomic mass is 10.1. The first-order chi connectivity index (χ1) is 13.6. The SMILES string of the molecule is COC(=O)c1cc(N2CCn3c(nnc3-c3ccccc3)C2)ccc1[N+](=O)[O-]. The molecule has 1 aliphatic rings. The molecular formula is C19H17N5O4. The topological polar surface area (TPSA) is 103 Å². The number of nitrogens with zero attached hydrogens (tertiary/aromatic N) is 5.